The molecular formula is C11H14N2O3S. The molecule has 1 aromatic heterocycles. The van der Waals surface area contributed by atoms with Crippen LogP contribution in [-0.4, -0.2) is 33.4 Å². The van der Waals surface area contributed by atoms with Crippen LogP contribution in [0, 0.1) is 19.8 Å². The first-order valence-electron chi connectivity index (χ1n) is 5.41. The van der Waals surface area contributed by atoms with Gasteiger partial charge < -0.3 is 10.0 Å². The lowest BCUT2D eigenvalue weighted by atomic mass is 10.1. The topological polar surface area (TPSA) is 70.5 Å². The number of carbonyl (C=O) groups excluding carboxylic acids is 1. The van der Waals surface area contributed by atoms with Crippen LogP contribution in [0.4, 0.5) is 0 Å². The fourth-order valence-electron chi connectivity index (χ4n) is 1.98. The van der Waals surface area contributed by atoms with Gasteiger partial charge in [-0.05, 0) is 13.8 Å². The van der Waals surface area contributed by atoms with Gasteiger partial charge in [-0.3, -0.25) is 9.59 Å². The van der Waals surface area contributed by atoms with E-state index in [1.807, 2.05) is 13.8 Å². The Morgan fingerprint density at radius 2 is 2.29 bits per heavy atom. The molecule has 5 nitrogen and oxygen atoms in total. The Morgan fingerprint density at radius 3 is 2.76 bits per heavy atom. The largest absolute Gasteiger partial charge is 0.481 e. The maximum Gasteiger partial charge on any atom is 0.308 e. The van der Waals surface area contributed by atoms with Gasteiger partial charge in [0.05, 0.1) is 23.2 Å². The standard InChI is InChI=1S/C11H14N2O3S/c1-6-9(17-7(2)12-6)5-13-4-8(11(15)16)3-10(13)14/h8H,3-5H2,1-2H3,(H,15,16). The first-order chi connectivity index (χ1) is 7.97. The molecule has 2 heterocycles. The van der Waals surface area contributed by atoms with Crippen molar-refractivity contribution >= 4 is 23.2 Å². The van der Waals surface area contributed by atoms with Gasteiger partial charge in [0, 0.05) is 17.8 Å². The SMILES string of the molecule is Cc1nc(C)c(CN2CC(C(=O)O)CC2=O)s1. The van der Waals surface area contributed by atoms with E-state index >= 15 is 0 Å². The van der Waals surface area contributed by atoms with Crippen LogP contribution in [0.15, 0.2) is 0 Å². The highest BCUT2D eigenvalue weighted by molar-refractivity contribution is 7.11. The van der Waals surface area contributed by atoms with Gasteiger partial charge in [0.15, 0.2) is 0 Å². The Bertz CT molecular complexity index is 469. The van der Waals surface area contributed by atoms with Gasteiger partial charge in [0.1, 0.15) is 0 Å². The number of aryl methyl sites for hydroxylation is 2. The van der Waals surface area contributed by atoms with Crippen molar-refractivity contribution < 1.29 is 14.7 Å². The predicted molar refractivity (Wildman–Crippen MR) is 62.7 cm³/mol. The second-order valence-corrected chi connectivity index (χ2v) is 5.54. The van der Waals surface area contributed by atoms with E-state index < -0.39 is 11.9 Å². The van der Waals surface area contributed by atoms with Crippen LogP contribution in [0.5, 0.6) is 0 Å². The minimum atomic E-state index is -0.891. The smallest absolute Gasteiger partial charge is 0.308 e. The average molecular weight is 254 g/mol. The van der Waals surface area contributed by atoms with Crippen molar-refractivity contribution in [3.05, 3.63) is 15.6 Å². The molecule has 92 valence electrons. The molecular weight excluding hydrogens is 240 g/mol. The molecule has 1 fully saturated rings. The fraction of sp³-hybridized carbons (Fsp3) is 0.545. The number of likely N-dealkylation sites (tertiary alicyclic amines) is 1. The van der Waals surface area contributed by atoms with Crippen molar-refractivity contribution in [3.63, 3.8) is 0 Å². The highest BCUT2D eigenvalue weighted by Gasteiger charge is 2.34. The summed E-state index contributed by atoms with van der Waals surface area (Å²) in [6, 6.07) is 0. The number of aliphatic carboxylic acids is 1. The summed E-state index contributed by atoms with van der Waals surface area (Å²) < 4.78 is 0. The number of carbonyl (C=O) groups is 2. The van der Waals surface area contributed by atoms with Crippen molar-refractivity contribution in [3.8, 4) is 0 Å². The summed E-state index contributed by atoms with van der Waals surface area (Å²) in [4.78, 5) is 29.4. The van der Waals surface area contributed by atoms with Gasteiger partial charge in [-0.25, -0.2) is 4.98 Å². The van der Waals surface area contributed by atoms with Crippen LogP contribution in [-0.2, 0) is 16.1 Å². The number of carboxylic acid groups (broad SMARTS) is 1. The number of rotatable bonds is 3. The van der Waals surface area contributed by atoms with Gasteiger partial charge in [-0.2, -0.15) is 0 Å². The number of nitrogens with zero attached hydrogens (tertiary/aromatic N) is 2. The molecule has 1 saturated heterocycles. The van der Waals surface area contributed by atoms with Crippen LogP contribution >= 0.6 is 11.3 Å². The molecule has 0 radical (unpaired) electrons. The van der Waals surface area contributed by atoms with E-state index in [9.17, 15) is 9.59 Å². The number of amides is 1. The van der Waals surface area contributed by atoms with Crippen LogP contribution in [0.2, 0.25) is 0 Å². The van der Waals surface area contributed by atoms with Gasteiger partial charge in [-0.15, -0.1) is 11.3 Å². The highest BCUT2D eigenvalue weighted by Crippen LogP contribution is 2.24. The minimum absolute atomic E-state index is 0.0807. The first kappa shape index (κ1) is 12.0. The lowest BCUT2D eigenvalue weighted by Gasteiger charge is -2.14. The molecule has 0 aromatic carbocycles. The van der Waals surface area contributed by atoms with Gasteiger partial charge in [0.25, 0.3) is 0 Å². The third-order valence-electron chi connectivity index (χ3n) is 2.90. The van der Waals surface area contributed by atoms with Gasteiger partial charge in [-0.1, -0.05) is 0 Å². The number of carboxylic acids is 1. The van der Waals surface area contributed by atoms with Crippen molar-refractivity contribution in [1.29, 1.82) is 0 Å². The molecule has 1 aromatic rings. The summed E-state index contributed by atoms with van der Waals surface area (Å²) in [5, 5.41) is 9.86. The molecule has 2 rings (SSSR count). The molecule has 0 bridgehead atoms. The molecule has 1 aliphatic rings. The van der Waals surface area contributed by atoms with Crippen LogP contribution < -0.4 is 0 Å². The lowest BCUT2D eigenvalue weighted by molar-refractivity contribution is -0.141. The summed E-state index contributed by atoms with van der Waals surface area (Å²) in [5.41, 5.74) is 0.930. The van der Waals surface area contributed by atoms with Crippen LogP contribution in [0.3, 0.4) is 0 Å². The molecule has 1 atom stereocenters. The molecule has 0 aliphatic carbocycles. The summed E-state index contributed by atoms with van der Waals surface area (Å²) in [6.45, 7) is 4.63. The minimum Gasteiger partial charge on any atom is -0.481 e. The second-order valence-electron chi connectivity index (χ2n) is 4.26. The van der Waals surface area contributed by atoms with Crippen molar-refractivity contribution in [2.45, 2.75) is 26.8 Å². The quantitative estimate of drug-likeness (QED) is 0.879. The van der Waals surface area contributed by atoms with Gasteiger partial charge in [0.2, 0.25) is 5.91 Å². The molecule has 0 saturated carbocycles. The molecule has 1 amide bonds. The van der Waals surface area contributed by atoms with E-state index in [2.05, 4.69) is 4.98 Å². The number of aromatic nitrogens is 1. The zero-order valence-corrected chi connectivity index (χ0v) is 10.6. The Hall–Kier alpha value is -1.43. The maximum atomic E-state index is 11.7. The highest BCUT2D eigenvalue weighted by atomic mass is 32.1. The maximum absolute atomic E-state index is 11.7. The zero-order valence-electron chi connectivity index (χ0n) is 9.77. The Labute approximate surface area is 103 Å². The molecule has 1 unspecified atom stereocenters. The van der Waals surface area contributed by atoms with E-state index in [-0.39, 0.29) is 12.3 Å². The predicted octanol–water partition coefficient (Wildman–Crippen LogP) is 1.19. The van der Waals surface area contributed by atoms with E-state index in [4.69, 9.17) is 5.11 Å². The van der Waals surface area contributed by atoms with E-state index in [1.54, 1.807) is 16.2 Å². The molecule has 1 aliphatic heterocycles. The average Bonchev–Trinajstić information content (AvgIpc) is 2.73. The normalized spacial score (nSPS) is 20.0. The number of hydrogen-bond donors (Lipinski definition) is 1. The Balaban J connectivity index is 2.07. The lowest BCUT2D eigenvalue weighted by Crippen LogP contribution is -2.25. The third kappa shape index (κ3) is 2.46. The van der Waals surface area contributed by atoms with Crippen molar-refractivity contribution in [2.24, 2.45) is 5.92 Å². The molecule has 0 spiro atoms. The van der Waals surface area contributed by atoms with E-state index in [0.29, 0.717) is 13.1 Å². The summed E-state index contributed by atoms with van der Waals surface area (Å²) in [6.07, 6.45) is 0.117. The van der Waals surface area contributed by atoms with Crippen LogP contribution in [0.25, 0.3) is 0 Å². The van der Waals surface area contributed by atoms with E-state index in [1.165, 1.54) is 0 Å². The monoisotopic (exact) mass is 254 g/mol. The first-order valence-corrected chi connectivity index (χ1v) is 6.22. The van der Waals surface area contributed by atoms with Gasteiger partial charge >= 0.3 is 5.97 Å². The molecule has 1 N–H and O–H groups in total. The van der Waals surface area contributed by atoms with Crippen LogP contribution in [0.1, 0.15) is 22.0 Å². The summed E-state index contributed by atoms with van der Waals surface area (Å²) >= 11 is 1.56. The van der Waals surface area contributed by atoms with E-state index in [0.717, 1.165) is 15.6 Å². The zero-order chi connectivity index (χ0) is 12.6. The summed E-state index contributed by atoms with van der Waals surface area (Å²) in [7, 11) is 0. The van der Waals surface area contributed by atoms with Crippen molar-refractivity contribution in [2.75, 3.05) is 6.54 Å². The molecule has 17 heavy (non-hydrogen) atoms. The molecule has 6 heteroatoms. The Morgan fingerprint density at radius 1 is 1.59 bits per heavy atom. The third-order valence-corrected chi connectivity index (χ3v) is 3.96. The second kappa shape index (κ2) is 4.44. The van der Waals surface area contributed by atoms with Crippen molar-refractivity contribution in [1.82, 2.24) is 9.88 Å². The number of thiazole rings is 1. The fourth-order valence-corrected chi connectivity index (χ4v) is 2.94. The number of hydrogen-bond acceptors (Lipinski definition) is 4. The Kier molecular flexibility index (Phi) is 3.15. The summed E-state index contributed by atoms with van der Waals surface area (Å²) in [5.74, 6) is -1.53.